The summed E-state index contributed by atoms with van der Waals surface area (Å²) in [5, 5.41) is 19.3. The predicted octanol–water partition coefficient (Wildman–Crippen LogP) is 4.73. The molecule has 0 amide bonds. The minimum absolute atomic E-state index is 0.182. The summed E-state index contributed by atoms with van der Waals surface area (Å²) in [6.07, 6.45) is 1.62. The van der Waals surface area contributed by atoms with Gasteiger partial charge < -0.3 is 10.2 Å². The maximum atomic E-state index is 9.78. The van der Waals surface area contributed by atoms with Gasteiger partial charge in [-0.2, -0.15) is 0 Å². The molecular formula is C16H16BrNO2. The van der Waals surface area contributed by atoms with E-state index in [0.29, 0.717) is 5.56 Å². The molecule has 0 aliphatic rings. The van der Waals surface area contributed by atoms with Crippen molar-refractivity contribution in [3.05, 3.63) is 52.0 Å². The topological polar surface area (TPSA) is 52.8 Å². The lowest BCUT2D eigenvalue weighted by molar-refractivity contribution is 0.473. The summed E-state index contributed by atoms with van der Waals surface area (Å²) in [6, 6.07) is 10.3. The molecule has 0 fully saturated rings. The summed E-state index contributed by atoms with van der Waals surface area (Å²) in [6.45, 7) is 4.09. The molecule has 4 heteroatoms. The summed E-state index contributed by atoms with van der Waals surface area (Å²) in [4.78, 5) is 4.42. The van der Waals surface area contributed by atoms with E-state index in [-0.39, 0.29) is 17.4 Å². The van der Waals surface area contributed by atoms with Crippen LogP contribution in [0.4, 0.5) is 5.69 Å². The molecule has 2 aromatic rings. The van der Waals surface area contributed by atoms with E-state index >= 15 is 0 Å². The quantitative estimate of drug-likeness (QED) is 0.797. The molecule has 0 spiro atoms. The summed E-state index contributed by atoms with van der Waals surface area (Å²) in [5.41, 5.74) is 2.40. The normalized spacial score (nSPS) is 11.4. The van der Waals surface area contributed by atoms with Gasteiger partial charge in [-0.25, -0.2) is 0 Å². The average molecular weight is 334 g/mol. The number of phenols is 2. The lowest BCUT2D eigenvalue weighted by atomic mass is 10.0. The summed E-state index contributed by atoms with van der Waals surface area (Å²) >= 11 is 3.36. The number of phenolic OH excluding ortho intramolecular Hbond substituents is 2. The van der Waals surface area contributed by atoms with Crippen LogP contribution in [0.15, 0.2) is 45.9 Å². The number of aromatic hydroxyl groups is 2. The van der Waals surface area contributed by atoms with Gasteiger partial charge in [0.25, 0.3) is 0 Å². The highest BCUT2D eigenvalue weighted by Gasteiger charge is 2.07. The van der Waals surface area contributed by atoms with Crippen LogP contribution in [0.5, 0.6) is 11.5 Å². The SMILES string of the molecule is CC(C)c1cc(O)ccc1N=Cc1cc(Br)ccc1O. The first-order chi connectivity index (χ1) is 9.47. The molecule has 0 heterocycles. The largest absolute Gasteiger partial charge is 0.508 e. The van der Waals surface area contributed by atoms with Crippen molar-refractivity contribution in [3.8, 4) is 11.5 Å². The van der Waals surface area contributed by atoms with Gasteiger partial charge in [0, 0.05) is 16.3 Å². The highest BCUT2D eigenvalue weighted by atomic mass is 79.9. The fourth-order valence-electron chi connectivity index (χ4n) is 1.89. The zero-order chi connectivity index (χ0) is 14.7. The van der Waals surface area contributed by atoms with Crippen LogP contribution in [-0.4, -0.2) is 16.4 Å². The Labute approximate surface area is 126 Å². The van der Waals surface area contributed by atoms with Crippen molar-refractivity contribution >= 4 is 27.8 Å². The maximum Gasteiger partial charge on any atom is 0.124 e. The zero-order valence-electron chi connectivity index (χ0n) is 11.3. The lowest BCUT2D eigenvalue weighted by Gasteiger charge is -2.09. The molecular weight excluding hydrogens is 318 g/mol. The lowest BCUT2D eigenvalue weighted by Crippen LogP contribution is -1.89. The number of benzene rings is 2. The van der Waals surface area contributed by atoms with Gasteiger partial charge in [-0.05, 0) is 47.9 Å². The van der Waals surface area contributed by atoms with Crippen LogP contribution in [0, 0.1) is 0 Å². The number of nitrogens with zero attached hydrogens (tertiary/aromatic N) is 1. The third-order valence-corrected chi connectivity index (χ3v) is 3.46. The van der Waals surface area contributed by atoms with Gasteiger partial charge in [-0.15, -0.1) is 0 Å². The second-order valence-electron chi connectivity index (χ2n) is 4.86. The van der Waals surface area contributed by atoms with Gasteiger partial charge in [0.15, 0.2) is 0 Å². The van der Waals surface area contributed by atoms with E-state index in [1.54, 1.807) is 42.6 Å². The molecule has 0 saturated heterocycles. The standard InChI is InChI=1S/C16H16BrNO2/c1-10(2)14-8-13(19)4-5-15(14)18-9-11-7-12(17)3-6-16(11)20/h3-10,19-20H,1-2H3. The Morgan fingerprint density at radius 2 is 1.85 bits per heavy atom. The van der Waals surface area contributed by atoms with Crippen molar-refractivity contribution in [2.24, 2.45) is 4.99 Å². The number of aliphatic imine (C=N–C) groups is 1. The van der Waals surface area contributed by atoms with Crippen LogP contribution in [-0.2, 0) is 0 Å². The molecule has 2 rings (SSSR count). The van der Waals surface area contributed by atoms with E-state index in [1.165, 1.54) is 0 Å². The van der Waals surface area contributed by atoms with Crippen molar-refractivity contribution in [2.45, 2.75) is 19.8 Å². The minimum atomic E-state index is 0.182. The molecule has 0 radical (unpaired) electrons. The Kier molecular flexibility index (Phi) is 4.45. The minimum Gasteiger partial charge on any atom is -0.508 e. The van der Waals surface area contributed by atoms with Crippen LogP contribution in [0.25, 0.3) is 0 Å². The van der Waals surface area contributed by atoms with Crippen LogP contribution in [0.1, 0.15) is 30.9 Å². The van der Waals surface area contributed by atoms with Gasteiger partial charge in [0.05, 0.1) is 5.69 Å². The summed E-state index contributed by atoms with van der Waals surface area (Å²) in [7, 11) is 0. The fraction of sp³-hybridized carbons (Fsp3) is 0.188. The number of rotatable bonds is 3. The smallest absolute Gasteiger partial charge is 0.124 e. The van der Waals surface area contributed by atoms with Crippen LogP contribution in [0.2, 0.25) is 0 Å². The van der Waals surface area contributed by atoms with E-state index in [1.807, 2.05) is 13.8 Å². The molecule has 2 N–H and O–H groups in total. The monoisotopic (exact) mass is 333 g/mol. The number of hydrogen-bond donors (Lipinski definition) is 2. The van der Waals surface area contributed by atoms with E-state index in [9.17, 15) is 10.2 Å². The maximum absolute atomic E-state index is 9.78. The van der Waals surface area contributed by atoms with E-state index in [4.69, 9.17) is 0 Å². The zero-order valence-corrected chi connectivity index (χ0v) is 12.9. The Morgan fingerprint density at radius 1 is 1.10 bits per heavy atom. The van der Waals surface area contributed by atoms with Gasteiger partial charge in [-0.1, -0.05) is 29.8 Å². The Hall–Kier alpha value is -1.81. The molecule has 0 unspecified atom stereocenters. The van der Waals surface area contributed by atoms with Gasteiger partial charge in [0.1, 0.15) is 11.5 Å². The van der Waals surface area contributed by atoms with E-state index in [0.717, 1.165) is 15.7 Å². The van der Waals surface area contributed by atoms with Crippen molar-refractivity contribution < 1.29 is 10.2 Å². The average Bonchev–Trinajstić information content (AvgIpc) is 2.40. The number of halogens is 1. The number of hydrogen-bond acceptors (Lipinski definition) is 3. The van der Waals surface area contributed by atoms with Crippen molar-refractivity contribution in [1.82, 2.24) is 0 Å². The highest BCUT2D eigenvalue weighted by Crippen LogP contribution is 2.30. The van der Waals surface area contributed by atoms with E-state index < -0.39 is 0 Å². The molecule has 0 aromatic heterocycles. The van der Waals surface area contributed by atoms with Crippen molar-refractivity contribution in [1.29, 1.82) is 0 Å². The molecule has 0 aliphatic heterocycles. The molecule has 0 atom stereocenters. The first-order valence-electron chi connectivity index (χ1n) is 6.33. The fourth-order valence-corrected chi connectivity index (χ4v) is 2.27. The molecule has 0 bridgehead atoms. The first kappa shape index (κ1) is 14.6. The summed E-state index contributed by atoms with van der Waals surface area (Å²) in [5.74, 6) is 0.671. The third kappa shape index (κ3) is 3.39. The predicted molar refractivity (Wildman–Crippen MR) is 85.3 cm³/mol. The first-order valence-corrected chi connectivity index (χ1v) is 7.12. The molecule has 2 aromatic carbocycles. The Morgan fingerprint density at radius 3 is 2.55 bits per heavy atom. The molecule has 104 valence electrons. The Bertz CT molecular complexity index is 651. The Balaban J connectivity index is 2.38. The van der Waals surface area contributed by atoms with Gasteiger partial charge >= 0.3 is 0 Å². The van der Waals surface area contributed by atoms with Crippen molar-refractivity contribution in [3.63, 3.8) is 0 Å². The molecule has 3 nitrogen and oxygen atoms in total. The van der Waals surface area contributed by atoms with Gasteiger partial charge in [0.2, 0.25) is 0 Å². The van der Waals surface area contributed by atoms with Crippen LogP contribution in [0.3, 0.4) is 0 Å². The third-order valence-electron chi connectivity index (χ3n) is 2.97. The van der Waals surface area contributed by atoms with Crippen molar-refractivity contribution in [2.75, 3.05) is 0 Å². The second-order valence-corrected chi connectivity index (χ2v) is 5.77. The van der Waals surface area contributed by atoms with Crippen LogP contribution >= 0.6 is 15.9 Å². The van der Waals surface area contributed by atoms with E-state index in [2.05, 4.69) is 20.9 Å². The molecule has 20 heavy (non-hydrogen) atoms. The van der Waals surface area contributed by atoms with Gasteiger partial charge in [-0.3, -0.25) is 4.99 Å². The molecule has 0 aliphatic carbocycles. The van der Waals surface area contributed by atoms with Crippen LogP contribution < -0.4 is 0 Å². The highest BCUT2D eigenvalue weighted by molar-refractivity contribution is 9.10. The summed E-state index contributed by atoms with van der Waals surface area (Å²) < 4.78 is 0.881. The molecule has 0 saturated carbocycles. The second kappa shape index (κ2) is 6.09.